The third-order valence-corrected chi connectivity index (χ3v) is 10.3. The Morgan fingerprint density at radius 1 is 0.294 bits per heavy atom. The van der Waals surface area contributed by atoms with Crippen LogP contribution < -0.4 is 49.7 Å². The molecule has 0 unspecified atom stereocenters. The normalized spacial score (nSPS) is 14.2. The van der Waals surface area contributed by atoms with Crippen LogP contribution >= 0.6 is 0 Å². The summed E-state index contributed by atoms with van der Waals surface area (Å²) in [5.41, 5.74) is 3.80. The molecule has 68 heavy (non-hydrogen) atoms. The third kappa shape index (κ3) is 12.2. The molecular weight excluding hydrogens is 865 g/mol. The summed E-state index contributed by atoms with van der Waals surface area (Å²) >= 11 is 0. The first-order valence-electron chi connectivity index (χ1n) is 21.6. The van der Waals surface area contributed by atoms with Gasteiger partial charge in [0.1, 0.15) is 60.9 Å². The van der Waals surface area contributed by atoms with Crippen molar-refractivity contribution in [3.63, 3.8) is 0 Å². The van der Waals surface area contributed by atoms with E-state index in [0.717, 1.165) is 11.1 Å². The van der Waals surface area contributed by atoms with Crippen LogP contribution in [0.3, 0.4) is 0 Å². The average molecular weight is 911 g/mol. The molecule has 4 N–H and O–H groups in total. The minimum Gasteiger partial charge on any atom is -0.489 e. The number of amides is 4. The highest BCUT2D eigenvalue weighted by Crippen LogP contribution is 2.31. The van der Waals surface area contributed by atoms with Crippen molar-refractivity contribution in [3.8, 4) is 34.5 Å². The predicted octanol–water partition coefficient (Wildman–Crippen LogP) is 9.71. The molecule has 0 aliphatic carbocycles. The molecule has 0 bridgehead atoms. The van der Waals surface area contributed by atoms with Gasteiger partial charge in [0.15, 0.2) is 13.2 Å². The molecule has 0 saturated carbocycles. The number of benzene rings is 7. The molecule has 342 valence electrons. The monoisotopic (exact) mass is 910 g/mol. The second kappa shape index (κ2) is 22.7. The van der Waals surface area contributed by atoms with Gasteiger partial charge in [-0.1, -0.05) is 97.1 Å². The Morgan fingerprint density at radius 3 is 0.971 bits per heavy atom. The quantitative estimate of drug-likeness (QED) is 0.107. The van der Waals surface area contributed by atoms with Gasteiger partial charge in [-0.15, -0.1) is 0 Å². The molecule has 7 aromatic rings. The molecule has 7 aromatic carbocycles. The highest BCUT2D eigenvalue weighted by Gasteiger charge is 2.18. The number of anilines is 4. The zero-order valence-electron chi connectivity index (χ0n) is 36.6. The molecule has 4 amide bonds. The summed E-state index contributed by atoms with van der Waals surface area (Å²) in [5, 5.41) is 11.5. The first-order valence-corrected chi connectivity index (χ1v) is 21.6. The van der Waals surface area contributed by atoms with E-state index in [4.69, 9.17) is 28.4 Å². The number of carbonyl (C=O) groups is 4. The fourth-order valence-corrected chi connectivity index (χ4v) is 6.94. The lowest BCUT2D eigenvalue weighted by molar-refractivity contribution is -0.118. The maximum absolute atomic E-state index is 13.6. The molecule has 14 heteroatoms. The lowest BCUT2D eigenvalue weighted by Crippen LogP contribution is -2.21. The van der Waals surface area contributed by atoms with Gasteiger partial charge in [-0.25, -0.2) is 0 Å². The molecule has 0 atom stereocenters. The molecular formula is C54H46N4O10. The summed E-state index contributed by atoms with van der Waals surface area (Å²) in [6.45, 7) is -0.197. The van der Waals surface area contributed by atoms with E-state index in [0.29, 0.717) is 45.7 Å². The molecule has 8 rings (SSSR count). The average Bonchev–Trinajstić information content (AvgIpc) is 3.36. The maximum atomic E-state index is 13.6. The third-order valence-electron chi connectivity index (χ3n) is 10.3. The van der Waals surface area contributed by atoms with E-state index in [-0.39, 0.29) is 62.3 Å². The number of hydrogen-bond donors (Lipinski definition) is 4. The predicted molar refractivity (Wildman–Crippen MR) is 258 cm³/mol. The largest absolute Gasteiger partial charge is 0.489 e. The van der Waals surface area contributed by atoms with Crippen molar-refractivity contribution in [2.45, 2.75) is 13.2 Å². The van der Waals surface area contributed by atoms with Crippen LogP contribution in [0.5, 0.6) is 34.5 Å². The molecule has 0 spiro atoms. The molecule has 0 radical (unpaired) electrons. The van der Waals surface area contributed by atoms with Crippen molar-refractivity contribution in [1.82, 2.24) is 0 Å². The first kappa shape index (κ1) is 45.5. The van der Waals surface area contributed by atoms with Crippen LogP contribution in [0.1, 0.15) is 31.8 Å². The van der Waals surface area contributed by atoms with Crippen LogP contribution in [0.2, 0.25) is 0 Å². The number of hydrogen-bond acceptors (Lipinski definition) is 10. The van der Waals surface area contributed by atoms with Gasteiger partial charge in [0.25, 0.3) is 23.6 Å². The number of nitrogens with one attached hydrogen (secondary N) is 4. The number of rotatable bonds is 0. The Morgan fingerprint density at radius 2 is 0.588 bits per heavy atom. The van der Waals surface area contributed by atoms with Crippen LogP contribution in [-0.4, -0.2) is 50.1 Å². The van der Waals surface area contributed by atoms with Crippen LogP contribution in [-0.2, 0) is 22.8 Å². The van der Waals surface area contributed by atoms with Crippen LogP contribution in [0.4, 0.5) is 22.7 Å². The van der Waals surface area contributed by atoms with Crippen molar-refractivity contribution < 1.29 is 47.6 Å². The van der Waals surface area contributed by atoms with Crippen LogP contribution in [0.25, 0.3) is 0 Å². The lowest BCUT2D eigenvalue weighted by Gasteiger charge is -2.17. The molecule has 1 aliphatic heterocycles. The van der Waals surface area contributed by atoms with Crippen molar-refractivity contribution >= 4 is 46.4 Å². The number of fused-ring (bicyclic) bond motifs is 7. The topological polar surface area (TPSA) is 172 Å². The zero-order chi connectivity index (χ0) is 46.9. The van der Waals surface area contributed by atoms with Crippen molar-refractivity contribution in [2.75, 3.05) is 47.7 Å². The Labute approximate surface area is 392 Å². The second-order valence-corrected chi connectivity index (χ2v) is 15.0. The summed E-state index contributed by atoms with van der Waals surface area (Å²) in [5.74, 6) is 0.314. The van der Waals surface area contributed by atoms with E-state index in [2.05, 4.69) is 21.3 Å². The summed E-state index contributed by atoms with van der Waals surface area (Å²) in [7, 11) is 0. The summed E-state index contributed by atoms with van der Waals surface area (Å²) in [6, 6.07) is 49.0. The van der Waals surface area contributed by atoms with Gasteiger partial charge in [0, 0.05) is 0 Å². The molecule has 1 heterocycles. The van der Waals surface area contributed by atoms with Crippen molar-refractivity contribution in [3.05, 3.63) is 204 Å². The van der Waals surface area contributed by atoms with E-state index in [1.807, 2.05) is 24.3 Å². The van der Waals surface area contributed by atoms with Gasteiger partial charge >= 0.3 is 0 Å². The van der Waals surface area contributed by atoms with E-state index in [9.17, 15) is 19.2 Å². The van der Waals surface area contributed by atoms with Gasteiger partial charge < -0.3 is 49.7 Å². The van der Waals surface area contributed by atoms with Crippen molar-refractivity contribution in [2.24, 2.45) is 0 Å². The Bertz CT molecular complexity index is 2740. The van der Waals surface area contributed by atoms with Gasteiger partial charge in [-0.2, -0.15) is 0 Å². The Hall–Kier alpha value is -9.04. The second-order valence-electron chi connectivity index (χ2n) is 15.0. The molecule has 0 aromatic heterocycles. The summed E-state index contributed by atoms with van der Waals surface area (Å²) < 4.78 is 36.3. The van der Waals surface area contributed by atoms with E-state index < -0.39 is 23.6 Å². The first-order chi connectivity index (χ1) is 33.4. The molecule has 0 saturated heterocycles. The summed E-state index contributed by atoms with van der Waals surface area (Å²) in [4.78, 5) is 53.8. The van der Waals surface area contributed by atoms with Crippen LogP contribution in [0.15, 0.2) is 182 Å². The van der Waals surface area contributed by atoms with Crippen LogP contribution in [0, 0.1) is 0 Å². The maximum Gasteiger partial charge on any atom is 0.262 e. The Balaban J connectivity index is 1.02. The number of carbonyl (C=O) groups excluding carboxylic acids is 4. The summed E-state index contributed by atoms with van der Waals surface area (Å²) in [6.07, 6.45) is 3.47. The highest BCUT2D eigenvalue weighted by atomic mass is 16.5. The molecule has 14 nitrogen and oxygen atoms in total. The van der Waals surface area contributed by atoms with E-state index in [1.165, 1.54) is 0 Å². The molecule has 1 aliphatic rings. The smallest absolute Gasteiger partial charge is 0.262 e. The minimum absolute atomic E-state index is 0.112. The van der Waals surface area contributed by atoms with Gasteiger partial charge in [0.2, 0.25) is 0 Å². The lowest BCUT2D eigenvalue weighted by atomic mass is 10.1. The SMILES string of the molecule is O=C1COc2ccccc2NC(=O)c2ccccc2OCC=CCOc2ccccc2C(=O)Nc2ccccc2OCC(=O)Nc2ccccc2OCc2ccccc2COc2ccccc2N1. The minimum atomic E-state index is -0.451. The van der Waals surface area contributed by atoms with Gasteiger partial charge in [0.05, 0.1) is 33.9 Å². The number of ether oxygens (including phenoxy) is 6. The highest BCUT2D eigenvalue weighted by molar-refractivity contribution is 6.07. The van der Waals surface area contributed by atoms with E-state index in [1.54, 1.807) is 158 Å². The van der Waals surface area contributed by atoms with Crippen molar-refractivity contribution in [1.29, 1.82) is 0 Å². The van der Waals surface area contributed by atoms with Gasteiger partial charge in [-0.05, 0) is 96.1 Å². The zero-order valence-corrected chi connectivity index (χ0v) is 36.6. The Kier molecular flexibility index (Phi) is 15.2. The molecule has 0 fully saturated rings. The fourth-order valence-electron chi connectivity index (χ4n) is 6.94. The van der Waals surface area contributed by atoms with E-state index >= 15 is 0 Å². The number of para-hydroxylation sites is 10. The fraction of sp³-hybridized carbons (Fsp3) is 0.111. The van der Waals surface area contributed by atoms with Gasteiger partial charge in [-0.3, -0.25) is 19.2 Å². The standard InChI is InChI=1S/C54H46N4O10/c59-51-35-67-49-29-13-7-23-43(49)57-53(61)39-19-3-9-25-45(39)63-31-15-16-32-64-46-26-10-4-20-40(46)54(62)58-44-24-8-14-30-50(44)68-36-52(60)56-42-22-6-12-28-48(42)66-34-38-18-2-1-17-37(38)33-65-47-27-11-5-21-41(47)55-51/h1-30H,31-36H2,(H,55,59)(H,56,60)(H,57,61)(H,58,62).